The van der Waals surface area contributed by atoms with Crippen LogP contribution < -0.4 is 5.32 Å². The lowest BCUT2D eigenvalue weighted by molar-refractivity contribution is 0.0263. The number of nitrogens with zero attached hydrogens (tertiary/aromatic N) is 3. The Balaban J connectivity index is 0.00000484. The van der Waals surface area contributed by atoms with Crippen molar-refractivity contribution in [3.8, 4) is 0 Å². The van der Waals surface area contributed by atoms with E-state index in [1.165, 1.54) is 13.0 Å². The third-order valence-corrected chi connectivity index (χ3v) is 4.14. The minimum atomic E-state index is 0. The summed E-state index contributed by atoms with van der Waals surface area (Å²) in [6.45, 7) is 16.7. The Bertz CT molecular complexity index is 307. The summed E-state index contributed by atoms with van der Waals surface area (Å²) >= 11 is 0. The van der Waals surface area contributed by atoms with E-state index in [1.807, 2.05) is 0 Å². The number of halogens is 1. The minimum absolute atomic E-state index is 0. The van der Waals surface area contributed by atoms with Crippen molar-refractivity contribution in [2.75, 3.05) is 52.4 Å². The van der Waals surface area contributed by atoms with Gasteiger partial charge in [0.15, 0.2) is 5.96 Å². The summed E-state index contributed by atoms with van der Waals surface area (Å²) in [5.41, 5.74) is 0. The van der Waals surface area contributed by atoms with Crippen LogP contribution in [-0.2, 0) is 4.74 Å². The maximum absolute atomic E-state index is 5.73. The first-order valence-corrected chi connectivity index (χ1v) is 9.12. The van der Waals surface area contributed by atoms with E-state index in [-0.39, 0.29) is 24.0 Å². The lowest BCUT2D eigenvalue weighted by Crippen LogP contribution is -2.47. The molecule has 23 heavy (non-hydrogen) atoms. The maximum Gasteiger partial charge on any atom is 0.193 e. The summed E-state index contributed by atoms with van der Waals surface area (Å²) in [5, 5.41) is 3.44. The van der Waals surface area contributed by atoms with Gasteiger partial charge < -0.3 is 19.9 Å². The van der Waals surface area contributed by atoms with Gasteiger partial charge in [0.2, 0.25) is 0 Å². The topological polar surface area (TPSA) is 40.1 Å². The molecule has 1 N–H and O–H groups in total. The number of piperidine rings is 1. The normalized spacial score (nSPS) is 16.6. The summed E-state index contributed by atoms with van der Waals surface area (Å²) < 4.78 is 5.73. The van der Waals surface area contributed by atoms with Crippen LogP contribution in [0.2, 0.25) is 0 Å². The molecule has 1 heterocycles. The lowest BCUT2D eigenvalue weighted by atomic mass is 10.1. The van der Waals surface area contributed by atoms with Gasteiger partial charge in [0.25, 0.3) is 0 Å². The molecule has 1 aliphatic rings. The molecule has 0 aromatic carbocycles. The van der Waals surface area contributed by atoms with Crippen LogP contribution in [0.1, 0.15) is 47.0 Å². The molecule has 0 bridgehead atoms. The highest BCUT2D eigenvalue weighted by Gasteiger charge is 2.21. The molecule has 0 radical (unpaired) electrons. The van der Waals surface area contributed by atoms with Gasteiger partial charge in [-0.05, 0) is 46.2 Å². The van der Waals surface area contributed by atoms with Crippen molar-refractivity contribution in [2.45, 2.75) is 53.1 Å². The Hall–Kier alpha value is -0.0800. The number of nitrogens with one attached hydrogen (secondary N) is 1. The van der Waals surface area contributed by atoms with E-state index in [0.29, 0.717) is 6.10 Å². The highest BCUT2D eigenvalue weighted by molar-refractivity contribution is 14.0. The van der Waals surface area contributed by atoms with Crippen molar-refractivity contribution in [2.24, 2.45) is 4.99 Å². The fraction of sp³-hybridized carbons (Fsp3) is 0.941. The fourth-order valence-electron chi connectivity index (χ4n) is 2.94. The molecule has 138 valence electrons. The second-order valence-corrected chi connectivity index (χ2v) is 5.81. The van der Waals surface area contributed by atoms with Gasteiger partial charge in [-0.1, -0.05) is 13.8 Å². The molecule has 0 spiro atoms. The molecule has 0 amide bonds. The van der Waals surface area contributed by atoms with E-state index < -0.39 is 0 Å². The van der Waals surface area contributed by atoms with Gasteiger partial charge in [-0.25, -0.2) is 0 Å². The van der Waals surface area contributed by atoms with Crippen LogP contribution in [0.15, 0.2) is 4.99 Å². The van der Waals surface area contributed by atoms with Crippen LogP contribution in [0.5, 0.6) is 0 Å². The average Bonchev–Trinajstić information content (AvgIpc) is 2.54. The number of ether oxygens (including phenoxy) is 1. The van der Waals surface area contributed by atoms with Crippen LogP contribution in [0.25, 0.3) is 0 Å². The fourth-order valence-corrected chi connectivity index (χ4v) is 2.94. The van der Waals surface area contributed by atoms with Crippen molar-refractivity contribution in [3.05, 3.63) is 0 Å². The smallest absolute Gasteiger partial charge is 0.193 e. The third kappa shape index (κ3) is 9.10. The predicted molar refractivity (Wildman–Crippen MR) is 110 cm³/mol. The van der Waals surface area contributed by atoms with Gasteiger partial charge in [0.1, 0.15) is 0 Å². The second kappa shape index (κ2) is 14.3. The predicted octanol–water partition coefficient (Wildman–Crippen LogP) is 2.80. The monoisotopic (exact) mass is 440 g/mol. The molecule has 5 nitrogen and oxygen atoms in total. The van der Waals surface area contributed by atoms with Crippen molar-refractivity contribution in [1.82, 2.24) is 15.1 Å². The molecule has 1 rings (SSSR count). The average molecular weight is 440 g/mol. The van der Waals surface area contributed by atoms with E-state index in [9.17, 15) is 0 Å². The molecule has 0 unspecified atom stereocenters. The summed E-state index contributed by atoms with van der Waals surface area (Å²) in [6, 6.07) is 0. The van der Waals surface area contributed by atoms with E-state index >= 15 is 0 Å². The zero-order chi connectivity index (χ0) is 16.2. The molecule has 1 saturated heterocycles. The van der Waals surface area contributed by atoms with E-state index in [4.69, 9.17) is 9.73 Å². The largest absolute Gasteiger partial charge is 0.378 e. The number of hydrogen-bond donors (Lipinski definition) is 1. The number of hydrogen-bond acceptors (Lipinski definition) is 3. The molecule has 0 atom stereocenters. The first-order valence-electron chi connectivity index (χ1n) is 9.12. The molecule has 0 saturated carbocycles. The zero-order valence-corrected chi connectivity index (χ0v) is 17.8. The molecular weight excluding hydrogens is 403 g/mol. The number of likely N-dealkylation sites (N-methyl/N-ethyl adjacent to an activating group) is 1. The number of aliphatic imine (C=N–C) groups is 1. The van der Waals surface area contributed by atoms with Gasteiger partial charge in [-0.15, -0.1) is 24.0 Å². The van der Waals surface area contributed by atoms with Gasteiger partial charge >= 0.3 is 0 Å². The molecule has 6 heteroatoms. The summed E-state index contributed by atoms with van der Waals surface area (Å²) in [6.07, 6.45) is 3.86. The van der Waals surface area contributed by atoms with Crippen molar-refractivity contribution >= 4 is 29.9 Å². The number of rotatable bonds is 9. The molecule has 0 aromatic rings. The summed E-state index contributed by atoms with van der Waals surface area (Å²) in [7, 11) is 0. The summed E-state index contributed by atoms with van der Waals surface area (Å²) in [5.74, 6) is 1.07. The molecule has 0 aliphatic carbocycles. The Morgan fingerprint density at radius 3 is 2.39 bits per heavy atom. The van der Waals surface area contributed by atoms with Gasteiger partial charge in [-0.3, -0.25) is 4.99 Å². The van der Waals surface area contributed by atoms with Crippen molar-refractivity contribution in [1.29, 1.82) is 0 Å². The quantitative estimate of drug-likeness (QED) is 0.340. The molecule has 0 aromatic heterocycles. The van der Waals surface area contributed by atoms with E-state index in [2.05, 4.69) is 42.8 Å². The van der Waals surface area contributed by atoms with Gasteiger partial charge in [0.05, 0.1) is 12.6 Å². The SMILES string of the molecule is CCCN(CC)CCN=C(NCC)N1CCC(OCC)CC1.I. The Labute approximate surface area is 160 Å². The Morgan fingerprint density at radius 2 is 1.87 bits per heavy atom. The minimum Gasteiger partial charge on any atom is -0.378 e. The van der Waals surface area contributed by atoms with Crippen molar-refractivity contribution in [3.63, 3.8) is 0 Å². The van der Waals surface area contributed by atoms with Crippen LogP contribution in [-0.4, -0.2) is 74.3 Å². The molecular formula is C17H37IN4O. The van der Waals surface area contributed by atoms with Gasteiger partial charge in [0, 0.05) is 32.8 Å². The second-order valence-electron chi connectivity index (χ2n) is 5.81. The van der Waals surface area contributed by atoms with Crippen LogP contribution in [0, 0.1) is 0 Å². The Morgan fingerprint density at radius 1 is 1.17 bits per heavy atom. The zero-order valence-electron chi connectivity index (χ0n) is 15.5. The van der Waals surface area contributed by atoms with E-state index in [1.54, 1.807) is 0 Å². The maximum atomic E-state index is 5.73. The van der Waals surface area contributed by atoms with Crippen LogP contribution in [0.4, 0.5) is 0 Å². The summed E-state index contributed by atoms with van der Waals surface area (Å²) in [4.78, 5) is 9.68. The number of likely N-dealkylation sites (tertiary alicyclic amines) is 1. The van der Waals surface area contributed by atoms with Crippen molar-refractivity contribution < 1.29 is 4.74 Å². The molecule has 1 aliphatic heterocycles. The van der Waals surface area contributed by atoms with E-state index in [0.717, 1.165) is 64.7 Å². The van der Waals surface area contributed by atoms with Crippen LogP contribution >= 0.6 is 24.0 Å². The number of guanidine groups is 1. The highest BCUT2D eigenvalue weighted by Crippen LogP contribution is 2.13. The van der Waals surface area contributed by atoms with Crippen LogP contribution in [0.3, 0.4) is 0 Å². The first-order chi connectivity index (χ1) is 10.7. The standard InChI is InChI=1S/C17H36N4O.HI/c1-5-12-20(7-3)15-11-19-17(18-6-2)21-13-9-16(10-14-21)22-8-4;/h16H,5-15H2,1-4H3,(H,18,19);1H. The highest BCUT2D eigenvalue weighted by atomic mass is 127. The first kappa shape index (κ1) is 22.9. The molecule has 1 fully saturated rings. The Kier molecular flexibility index (Phi) is 14.2. The third-order valence-electron chi connectivity index (χ3n) is 4.14. The lowest BCUT2D eigenvalue weighted by Gasteiger charge is -2.34. The van der Waals surface area contributed by atoms with Gasteiger partial charge in [-0.2, -0.15) is 0 Å².